The Kier molecular flexibility index (Phi) is 11.6. The number of likely N-dealkylation sites (N-methyl/N-ethyl adjacent to an activating group) is 2. The molecule has 2 saturated heterocycles. The van der Waals surface area contributed by atoms with Gasteiger partial charge in [-0.15, -0.1) is 113 Å². The third-order valence-electron chi connectivity index (χ3n) is 11.5. The lowest BCUT2D eigenvalue weighted by molar-refractivity contribution is -0.122. The second kappa shape index (κ2) is 17.7. The van der Waals surface area contributed by atoms with E-state index in [9.17, 15) is 9.59 Å². The molecule has 0 unspecified atom stereocenters. The average molecular weight is 1140 g/mol. The van der Waals surface area contributed by atoms with Crippen LogP contribution in [0, 0.1) is 0 Å². The fraction of sp³-hybridized carbons (Fsp3) is 0.0800. The van der Waals surface area contributed by atoms with Crippen LogP contribution in [-0.2, 0) is 9.59 Å². The van der Waals surface area contributed by atoms with Gasteiger partial charge >= 0.3 is 0 Å². The van der Waals surface area contributed by atoms with E-state index < -0.39 is 0 Å². The maximum Gasteiger partial charge on any atom is 0.266 e. The number of hydrogen-bond acceptors (Lipinski definition) is 16. The molecule has 0 bridgehead atoms. The van der Waals surface area contributed by atoms with Crippen LogP contribution in [0.3, 0.4) is 0 Å². The van der Waals surface area contributed by atoms with Crippen LogP contribution in [0.15, 0.2) is 107 Å². The fourth-order valence-corrected chi connectivity index (χ4v) is 22.6. The van der Waals surface area contributed by atoms with E-state index in [4.69, 9.17) is 24.4 Å². The quantitative estimate of drug-likeness (QED) is 0.100. The molecule has 0 spiro atoms. The van der Waals surface area contributed by atoms with Crippen LogP contribution < -0.4 is 0 Å². The highest BCUT2D eigenvalue weighted by Crippen LogP contribution is 2.52. The van der Waals surface area contributed by atoms with Crippen LogP contribution in [-0.4, -0.2) is 43.3 Å². The number of fused-ring (bicyclic) bond motifs is 6. The van der Waals surface area contributed by atoms with E-state index in [1.165, 1.54) is 121 Å². The van der Waals surface area contributed by atoms with Crippen molar-refractivity contribution >= 4 is 233 Å². The molecule has 334 valence electrons. The SMILES string of the molecule is CCN1C(=O)/C(=C/c2ccc(-c3ccc(-c4ccc(-c5cc6sc7cc8c(cc7c6s5)sc5cc(-c6ccc(-c7ccc(-c9ccc(/C=C%10\SC(=S)N(CC)C%10=O)s9)s7)s6)sc58)s4)s3)s2)SC1=S. The summed E-state index contributed by atoms with van der Waals surface area (Å²) in [4.78, 5) is 47.6. The smallest absolute Gasteiger partial charge is 0.266 e. The lowest BCUT2D eigenvalue weighted by atomic mass is 10.2. The van der Waals surface area contributed by atoms with Gasteiger partial charge in [0, 0.05) is 111 Å². The van der Waals surface area contributed by atoms with Crippen molar-refractivity contribution in [3.63, 3.8) is 0 Å². The topological polar surface area (TPSA) is 40.6 Å². The minimum Gasteiger partial charge on any atom is -0.293 e. The third-order valence-corrected chi connectivity index (χ3v) is 26.6. The van der Waals surface area contributed by atoms with Crippen molar-refractivity contribution < 1.29 is 9.59 Å². The molecule has 2 amide bonds. The standard InChI is InChI=1S/C50H28N2O2S14/c1-3-51-47(53)43(67-49(51)55)17-23-5-7-27(57-23)29-9-11-31(59-29)33-13-15-35(61-33)39-21-41-45(65-39)25-19-38-26(20-37(25)63-41)46-42(64-38)22-40(66-46)36-16-14-34(62-36)32-12-10-30(60-32)28-8-6-24(58-28)18-44-48(54)52(4-2)50(56)68-44/h5-22H,3-4H2,1-2H3/b43-17-,44-18-. The molecule has 0 aliphatic carbocycles. The molecule has 12 heterocycles. The largest absolute Gasteiger partial charge is 0.293 e. The van der Waals surface area contributed by atoms with Crippen LogP contribution >= 0.6 is 161 Å². The molecule has 2 aliphatic rings. The Balaban J connectivity index is 0.710. The minimum atomic E-state index is 0.00235. The van der Waals surface area contributed by atoms with Gasteiger partial charge in [-0.3, -0.25) is 19.4 Å². The Morgan fingerprint density at radius 3 is 1.06 bits per heavy atom. The highest BCUT2D eigenvalue weighted by molar-refractivity contribution is 8.27. The summed E-state index contributed by atoms with van der Waals surface area (Å²) in [5.74, 6) is 0.00469. The minimum absolute atomic E-state index is 0.00235. The summed E-state index contributed by atoms with van der Waals surface area (Å²) in [6.07, 6.45) is 3.95. The van der Waals surface area contributed by atoms with Crippen LogP contribution in [0.25, 0.3) is 110 Å². The summed E-state index contributed by atoms with van der Waals surface area (Å²) in [6.45, 7) is 5.10. The molecule has 0 atom stereocenters. The van der Waals surface area contributed by atoms with Crippen LogP contribution in [0.2, 0.25) is 0 Å². The Bertz CT molecular complexity index is 3710. The lowest BCUT2D eigenvalue weighted by Gasteiger charge is -2.09. The number of hydrogen-bond donors (Lipinski definition) is 0. The van der Waals surface area contributed by atoms with E-state index in [1.54, 1.807) is 32.5 Å². The van der Waals surface area contributed by atoms with Crippen molar-refractivity contribution in [2.45, 2.75) is 13.8 Å². The molecule has 10 aromatic heterocycles. The molecule has 4 nitrogen and oxygen atoms in total. The maximum absolute atomic E-state index is 12.8. The van der Waals surface area contributed by atoms with Crippen molar-refractivity contribution in [3.8, 4) is 58.5 Å². The van der Waals surface area contributed by atoms with Crippen molar-refractivity contribution in [2.24, 2.45) is 0 Å². The number of carbonyl (C=O) groups is 2. The maximum atomic E-state index is 12.8. The number of benzene rings is 1. The van der Waals surface area contributed by atoms with E-state index >= 15 is 0 Å². The molecular weight excluding hydrogens is 1110 g/mol. The van der Waals surface area contributed by atoms with Crippen LogP contribution in [0.4, 0.5) is 0 Å². The summed E-state index contributed by atoms with van der Waals surface area (Å²) in [7, 11) is 0. The molecule has 18 heteroatoms. The Hall–Kier alpha value is -3.44. The zero-order valence-electron chi connectivity index (χ0n) is 35.2. The van der Waals surface area contributed by atoms with Crippen molar-refractivity contribution in [2.75, 3.05) is 13.1 Å². The zero-order chi connectivity index (χ0) is 45.9. The van der Waals surface area contributed by atoms with Gasteiger partial charge in [-0.2, -0.15) is 0 Å². The van der Waals surface area contributed by atoms with Gasteiger partial charge in [-0.1, -0.05) is 48.0 Å². The number of thiocarbonyl (C=S) groups is 2. The second-order valence-electron chi connectivity index (χ2n) is 15.6. The number of amides is 2. The molecule has 0 N–H and O–H groups in total. The van der Waals surface area contributed by atoms with E-state index in [1.807, 2.05) is 117 Å². The van der Waals surface area contributed by atoms with E-state index in [0.717, 1.165) is 9.75 Å². The summed E-state index contributed by atoms with van der Waals surface area (Å²) >= 11 is 32.0. The van der Waals surface area contributed by atoms with Crippen molar-refractivity contribution in [1.29, 1.82) is 0 Å². The summed E-state index contributed by atoms with van der Waals surface area (Å²) in [6, 6.07) is 36.2. The van der Waals surface area contributed by atoms with Gasteiger partial charge in [0.1, 0.15) is 8.64 Å². The summed E-state index contributed by atoms with van der Waals surface area (Å²) in [5, 5.41) is 2.72. The predicted octanol–water partition coefficient (Wildman–Crippen LogP) is 19.4. The van der Waals surface area contributed by atoms with Crippen LogP contribution in [0.1, 0.15) is 23.6 Å². The molecule has 2 fully saturated rings. The van der Waals surface area contributed by atoms with E-state index in [0.29, 0.717) is 31.5 Å². The third kappa shape index (κ3) is 7.78. The molecule has 13 rings (SSSR count). The number of thiophene rings is 10. The molecule has 1 aromatic carbocycles. The Morgan fingerprint density at radius 2 is 0.721 bits per heavy atom. The molecule has 11 aromatic rings. The molecule has 2 aliphatic heterocycles. The average Bonchev–Trinajstić information content (AvgIpc) is 4.14. The predicted molar refractivity (Wildman–Crippen MR) is 319 cm³/mol. The molecular formula is C50H28N2O2S14. The van der Waals surface area contributed by atoms with Gasteiger partial charge in [0.25, 0.3) is 11.8 Å². The number of thioether (sulfide) groups is 2. The fourth-order valence-electron chi connectivity index (χ4n) is 8.18. The number of rotatable bonds is 10. The van der Waals surface area contributed by atoms with Crippen molar-refractivity contribution in [3.05, 3.63) is 117 Å². The first-order valence-corrected chi connectivity index (χ1v) is 31.7. The second-order valence-corrected chi connectivity index (χ2v) is 29.8. The first-order valence-electron chi connectivity index (χ1n) is 21.1. The van der Waals surface area contributed by atoms with Crippen LogP contribution in [0.5, 0.6) is 0 Å². The van der Waals surface area contributed by atoms with Gasteiger partial charge in [0.2, 0.25) is 0 Å². The van der Waals surface area contributed by atoms with Gasteiger partial charge in [0.05, 0.1) is 19.2 Å². The Morgan fingerprint density at radius 1 is 0.397 bits per heavy atom. The van der Waals surface area contributed by atoms with Gasteiger partial charge in [-0.05, 0) is 123 Å². The first kappa shape index (κ1) is 44.5. The highest BCUT2D eigenvalue weighted by Gasteiger charge is 2.32. The monoisotopic (exact) mass is 1140 g/mol. The van der Waals surface area contributed by atoms with Crippen molar-refractivity contribution in [1.82, 2.24) is 9.80 Å². The number of carbonyl (C=O) groups excluding carboxylic acids is 2. The summed E-state index contributed by atoms with van der Waals surface area (Å²) in [5.41, 5.74) is 0. The number of nitrogens with zero attached hydrogens (tertiary/aromatic N) is 2. The van der Waals surface area contributed by atoms with E-state index in [-0.39, 0.29) is 11.8 Å². The summed E-state index contributed by atoms with van der Waals surface area (Å²) < 4.78 is 9.44. The normalized spacial score (nSPS) is 15.9. The molecule has 0 saturated carbocycles. The molecule has 0 radical (unpaired) electrons. The highest BCUT2D eigenvalue weighted by atomic mass is 32.2. The Labute approximate surface area is 449 Å². The van der Waals surface area contributed by atoms with Gasteiger partial charge in [0.15, 0.2) is 0 Å². The zero-order valence-corrected chi connectivity index (χ0v) is 46.7. The lowest BCUT2D eigenvalue weighted by Crippen LogP contribution is -2.27. The van der Waals surface area contributed by atoms with Gasteiger partial charge in [-0.25, -0.2) is 0 Å². The van der Waals surface area contributed by atoms with E-state index in [2.05, 4.69) is 97.1 Å². The molecule has 68 heavy (non-hydrogen) atoms. The van der Waals surface area contributed by atoms with Gasteiger partial charge < -0.3 is 0 Å². The first-order chi connectivity index (χ1) is 33.1.